The van der Waals surface area contributed by atoms with Gasteiger partial charge in [-0.2, -0.15) is 0 Å². The summed E-state index contributed by atoms with van der Waals surface area (Å²) >= 11 is 6.07. The van der Waals surface area contributed by atoms with E-state index in [-0.39, 0.29) is 17.1 Å². The number of fused-ring (bicyclic) bond motifs is 3. The van der Waals surface area contributed by atoms with Crippen LogP contribution in [0.15, 0.2) is 60.8 Å². The summed E-state index contributed by atoms with van der Waals surface area (Å²) in [6.07, 6.45) is 1.62. The van der Waals surface area contributed by atoms with Crippen LogP contribution < -0.4 is 5.32 Å². The third kappa shape index (κ3) is 2.73. The Balaban J connectivity index is 1.52. The second-order valence-electron chi connectivity index (χ2n) is 7.04. The summed E-state index contributed by atoms with van der Waals surface area (Å²) in [5, 5.41) is 3.28. The molecule has 0 unspecified atom stereocenters. The minimum Gasteiger partial charge on any atom is -0.321 e. The number of carbonyl (C=O) groups is 3. The molecule has 7 heteroatoms. The van der Waals surface area contributed by atoms with Gasteiger partial charge in [0.05, 0.1) is 10.7 Å². The third-order valence-corrected chi connectivity index (χ3v) is 5.38. The van der Waals surface area contributed by atoms with Crippen molar-refractivity contribution in [2.45, 2.75) is 6.92 Å². The van der Waals surface area contributed by atoms with Gasteiger partial charge in [-0.25, -0.2) is 4.98 Å². The molecule has 0 spiro atoms. The van der Waals surface area contributed by atoms with Crippen LogP contribution in [0.3, 0.4) is 0 Å². The fourth-order valence-corrected chi connectivity index (χ4v) is 3.94. The first-order valence-corrected chi connectivity index (χ1v) is 9.60. The van der Waals surface area contributed by atoms with Crippen molar-refractivity contribution in [2.24, 2.45) is 0 Å². The molecular formula is C23H14ClN3O3. The molecule has 30 heavy (non-hydrogen) atoms. The zero-order chi connectivity index (χ0) is 21.0. The van der Waals surface area contributed by atoms with E-state index < -0.39 is 5.91 Å². The molecule has 2 heterocycles. The maximum atomic E-state index is 13.0. The van der Waals surface area contributed by atoms with Gasteiger partial charge in [-0.15, -0.1) is 0 Å². The maximum absolute atomic E-state index is 13.0. The number of carbonyl (C=O) groups excluding carboxylic acids is 3. The number of nitrogens with one attached hydrogen (secondary N) is 1. The van der Waals surface area contributed by atoms with Crippen LogP contribution in [-0.4, -0.2) is 26.9 Å². The number of benzene rings is 2. The Labute approximate surface area is 176 Å². The minimum absolute atomic E-state index is 0.203. The summed E-state index contributed by atoms with van der Waals surface area (Å²) in [6, 6.07) is 14.9. The summed E-state index contributed by atoms with van der Waals surface area (Å²) in [5.74, 6) is -0.836. The molecule has 1 N–H and O–H groups in total. The first kappa shape index (κ1) is 18.3. The molecule has 2 aromatic heterocycles. The summed E-state index contributed by atoms with van der Waals surface area (Å²) in [7, 11) is 0. The third-order valence-electron chi connectivity index (χ3n) is 5.15. The fourth-order valence-electron chi connectivity index (χ4n) is 3.78. The lowest BCUT2D eigenvalue weighted by Gasteiger charge is -2.18. The molecule has 1 aliphatic carbocycles. The van der Waals surface area contributed by atoms with Crippen molar-refractivity contribution in [1.82, 2.24) is 9.38 Å². The molecule has 0 fully saturated rings. The van der Waals surface area contributed by atoms with Crippen molar-refractivity contribution >= 4 is 40.4 Å². The predicted octanol–water partition coefficient (Wildman–Crippen LogP) is 4.32. The highest BCUT2D eigenvalue weighted by Crippen LogP contribution is 2.29. The SMILES string of the molecule is Cc1nc2ccc(Cl)cn2c1C(=O)Nc1ccc2c(c1)C(=O)c1ccccc1C2=O. The fraction of sp³-hybridized carbons (Fsp3) is 0.0435. The molecule has 6 nitrogen and oxygen atoms in total. The highest BCUT2D eigenvalue weighted by molar-refractivity contribution is 6.30. The Morgan fingerprint density at radius 3 is 2.33 bits per heavy atom. The topological polar surface area (TPSA) is 80.5 Å². The number of aryl methyl sites for hydroxylation is 1. The van der Waals surface area contributed by atoms with Gasteiger partial charge in [0, 0.05) is 34.1 Å². The number of ketones is 2. The Morgan fingerprint density at radius 2 is 1.60 bits per heavy atom. The van der Waals surface area contributed by atoms with Gasteiger partial charge in [0.25, 0.3) is 5.91 Å². The number of imidazole rings is 1. The molecule has 146 valence electrons. The average molecular weight is 416 g/mol. The second kappa shape index (κ2) is 6.64. The highest BCUT2D eigenvalue weighted by atomic mass is 35.5. The molecule has 0 radical (unpaired) electrons. The van der Waals surface area contributed by atoms with Crippen molar-refractivity contribution < 1.29 is 14.4 Å². The Kier molecular flexibility index (Phi) is 4.04. The second-order valence-corrected chi connectivity index (χ2v) is 7.48. The molecule has 0 atom stereocenters. The van der Waals surface area contributed by atoms with Crippen LogP contribution in [0.5, 0.6) is 0 Å². The number of pyridine rings is 1. The Hall–Kier alpha value is -3.77. The number of anilines is 1. The van der Waals surface area contributed by atoms with Crippen LogP contribution in [0.2, 0.25) is 5.02 Å². The van der Waals surface area contributed by atoms with Gasteiger partial charge in [-0.1, -0.05) is 35.9 Å². The maximum Gasteiger partial charge on any atom is 0.274 e. The zero-order valence-electron chi connectivity index (χ0n) is 15.8. The Morgan fingerprint density at radius 1 is 0.933 bits per heavy atom. The van der Waals surface area contributed by atoms with Gasteiger partial charge in [0.15, 0.2) is 11.6 Å². The van der Waals surface area contributed by atoms with Crippen LogP contribution in [0.1, 0.15) is 48.0 Å². The monoisotopic (exact) mass is 415 g/mol. The largest absolute Gasteiger partial charge is 0.321 e. The normalized spacial score (nSPS) is 12.6. The van der Waals surface area contributed by atoms with Crippen molar-refractivity contribution in [1.29, 1.82) is 0 Å². The number of halogens is 1. The van der Waals surface area contributed by atoms with Crippen molar-refractivity contribution in [2.75, 3.05) is 5.32 Å². The van der Waals surface area contributed by atoms with E-state index in [1.165, 1.54) is 6.07 Å². The van der Waals surface area contributed by atoms with Crippen LogP contribution in [-0.2, 0) is 0 Å². The van der Waals surface area contributed by atoms with E-state index in [1.54, 1.807) is 66.1 Å². The van der Waals surface area contributed by atoms with E-state index in [2.05, 4.69) is 10.3 Å². The number of amides is 1. The van der Waals surface area contributed by atoms with E-state index in [9.17, 15) is 14.4 Å². The molecule has 0 saturated carbocycles. The number of aromatic nitrogens is 2. The molecule has 4 aromatic rings. The minimum atomic E-state index is -0.391. The quantitative estimate of drug-likeness (QED) is 0.465. The number of hydrogen-bond donors (Lipinski definition) is 1. The lowest BCUT2D eigenvalue weighted by atomic mass is 9.84. The number of rotatable bonds is 2. The highest BCUT2D eigenvalue weighted by Gasteiger charge is 2.29. The van der Waals surface area contributed by atoms with Gasteiger partial charge in [0.2, 0.25) is 0 Å². The predicted molar refractivity (Wildman–Crippen MR) is 113 cm³/mol. The molecule has 0 aliphatic heterocycles. The van der Waals surface area contributed by atoms with E-state index in [1.807, 2.05) is 0 Å². The van der Waals surface area contributed by atoms with Gasteiger partial charge >= 0.3 is 0 Å². The van der Waals surface area contributed by atoms with Crippen LogP contribution in [0, 0.1) is 6.92 Å². The lowest BCUT2D eigenvalue weighted by molar-refractivity contribution is 0.0979. The standard InChI is InChI=1S/C23H14ClN3O3/c1-12-20(27-11-13(24)6-9-19(27)25-12)23(30)26-14-7-8-17-18(10-14)22(29)16-5-3-2-4-15(16)21(17)28/h2-11H,1H3,(H,26,30). The first-order valence-electron chi connectivity index (χ1n) is 9.22. The van der Waals surface area contributed by atoms with Crippen molar-refractivity contribution in [3.05, 3.63) is 99.5 Å². The van der Waals surface area contributed by atoms with E-state index in [0.717, 1.165) is 0 Å². The van der Waals surface area contributed by atoms with E-state index in [4.69, 9.17) is 11.6 Å². The van der Waals surface area contributed by atoms with Gasteiger partial charge in [0.1, 0.15) is 11.3 Å². The van der Waals surface area contributed by atoms with Gasteiger partial charge < -0.3 is 5.32 Å². The van der Waals surface area contributed by atoms with Crippen LogP contribution in [0.4, 0.5) is 5.69 Å². The number of nitrogens with zero attached hydrogens (tertiary/aromatic N) is 2. The van der Waals surface area contributed by atoms with E-state index >= 15 is 0 Å². The summed E-state index contributed by atoms with van der Waals surface area (Å²) in [6.45, 7) is 1.74. The first-order chi connectivity index (χ1) is 14.4. The summed E-state index contributed by atoms with van der Waals surface area (Å²) in [4.78, 5) is 43.0. The summed E-state index contributed by atoms with van der Waals surface area (Å²) < 4.78 is 1.62. The Bertz CT molecular complexity index is 1400. The molecule has 2 aromatic carbocycles. The van der Waals surface area contributed by atoms with Crippen LogP contribution >= 0.6 is 11.6 Å². The average Bonchev–Trinajstić information content (AvgIpc) is 3.07. The lowest BCUT2D eigenvalue weighted by Crippen LogP contribution is -2.22. The zero-order valence-corrected chi connectivity index (χ0v) is 16.5. The van der Waals surface area contributed by atoms with Crippen molar-refractivity contribution in [3.63, 3.8) is 0 Å². The van der Waals surface area contributed by atoms with Gasteiger partial charge in [-0.05, 0) is 37.3 Å². The molecule has 1 amide bonds. The van der Waals surface area contributed by atoms with Crippen molar-refractivity contribution in [3.8, 4) is 0 Å². The molecule has 5 rings (SSSR count). The smallest absolute Gasteiger partial charge is 0.274 e. The van der Waals surface area contributed by atoms with Crippen LogP contribution in [0.25, 0.3) is 5.65 Å². The van der Waals surface area contributed by atoms with E-state index in [0.29, 0.717) is 44.4 Å². The summed E-state index contributed by atoms with van der Waals surface area (Å²) in [5.41, 5.74) is 3.27. The molecule has 0 bridgehead atoms. The number of hydrogen-bond acceptors (Lipinski definition) is 4. The van der Waals surface area contributed by atoms with Gasteiger partial charge in [-0.3, -0.25) is 18.8 Å². The molecule has 1 aliphatic rings. The molecular weight excluding hydrogens is 402 g/mol. The molecule has 0 saturated heterocycles.